The van der Waals surface area contributed by atoms with Crippen LogP contribution in [0.4, 0.5) is 0 Å². The standard InChI is InChI=1S/C9H9N3S2/c10-5-7-1-2-8(12-6-7)14-9-11-3-4-13-9/h1-4,6H,5,10H2. The quantitative estimate of drug-likeness (QED) is 0.866. The fourth-order valence-electron chi connectivity index (χ4n) is 0.942. The van der Waals surface area contributed by atoms with Gasteiger partial charge in [-0.2, -0.15) is 0 Å². The predicted molar refractivity (Wildman–Crippen MR) is 58.4 cm³/mol. The lowest BCUT2D eigenvalue weighted by atomic mass is 10.3. The number of aromatic nitrogens is 2. The van der Waals surface area contributed by atoms with E-state index in [9.17, 15) is 0 Å². The molecule has 0 aliphatic carbocycles. The van der Waals surface area contributed by atoms with Gasteiger partial charge in [0.15, 0.2) is 4.34 Å². The van der Waals surface area contributed by atoms with Gasteiger partial charge in [0.05, 0.1) is 0 Å². The van der Waals surface area contributed by atoms with Gasteiger partial charge in [-0.1, -0.05) is 6.07 Å². The van der Waals surface area contributed by atoms with E-state index in [1.165, 1.54) is 0 Å². The smallest absolute Gasteiger partial charge is 0.156 e. The van der Waals surface area contributed by atoms with Gasteiger partial charge >= 0.3 is 0 Å². The first-order valence-corrected chi connectivity index (χ1v) is 5.80. The van der Waals surface area contributed by atoms with Crippen molar-refractivity contribution < 1.29 is 0 Å². The van der Waals surface area contributed by atoms with Crippen molar-refractivity contribution in [2.75, 3.05) is 0 Å². The fourth-order valence-corrected chi connectivity index (χ4v) is 2.45. The lowest BCUT2D eigenvalue weighted by Crippen LogP contribution is -1.96. The van der Waals surface area contributed by atoms with Gasteiger partial charge in [0.2, 0.25) is 0 Å². The summed E-state index contributed by atoms with van der Waals surface area (Å²) >= 11 is 3.18. The highest BCUT2D eigenvalue weighted by molar-refractivity contribution is 8.00. The van der Waals surface area contributed by atoms with E-state index >= 15 is 0 Å². The lowest BCUT2D eigenvalue weighted by Gasteiger charge is -1.98. The molecule has 0 aromatic carbocycles. The highest BCUT2D eigenvalue weighted by Gasteiger charge is 2.00. The number of rotatable bonds is 3. The van der Waals surface area contributed by atoms with Crippen LogP contribution in [-0.2, 0) is 6.54 Å². The molecule has 14 heavy (non-hydrogen) atoms. The SMILES string of the molecule is NCc1ccc(Sc2nccs2)nc1. The third-order valence-electron chi connectivity index (χ3n) is 1.63. The Balaban J connectivity index is 2.10. The first kappa shape index (κ1) is 9.64. The van der Waals surface area contributed by atoms with Gasteiger partial charge in [-0.3, -0.25) is 0 Å². The number of thiazole rings is 1. The van der Waals surface area contributed by atoms with Crippen LogP contribution in [0.5, 0.6) is 0 Å². The molecular weight excluding hydrogens is 214 g/mol. The van der Waals surface area contributed by atoms with Gasteiger partial charge in [-0.25, -0.2) is 9.97 Å². The first-order chi connectivity index (χ1) is 6.88. The normalized spacial score (nSPS) is 10.4. The molecule has 0 bridgehead atoms. The first-order valence-electron chi connectivity index (χ1n) is 4.11. The Kier molecular flexibility index (Phi) is 3.13. The molecule has 3 nitrogen and oxygen atoms in total. The molecule has 0 aliphatic heterocycles. The van der Waals surface area contributed by atoms with E-state index in [1.807, 2.05) is 17.5 Å². The summed E-state index contributed by atoms with van der Waals surface area (Å²) in [6, 6.07) is 3.96. The largest absolute Gasteiger partial charge is 0.326 e. The number of nitrogens with two attached hydrogens (primary N) is 1. The summed E-state index contributed by atoms with van der Waals surface area (Å²) in [7, 11) is 0. The molecule has 2 heterocycles. The molecule has 0 amide bonds. The van der Waals surface area contributed by atoms with Gasteiger partial charge in [0.1, 0.15) is 5.03 Å². The summed E-state index contributed by atoms with van der Waals surface area (Å²) < 4.78 is 1.01. The Labute approximate surface area is 90.4 Å². The zero-order valence-electron chi connectivity index (χ0n) is 7.38. The molecule has 0 atom stereocenters. The average Bonchev–Trinajstić information content (AvgIpc) is 2.72. The summed E-state index contributed by atoms with van der Waals surface area (Å²) in [5.41, 5.74) is 6.53. The molecule has 0 fully saturated rings. The minimum atomic E-state index is 0.537. The maximum atomic E-state index is 5.48. The van der Waals surface area contributed by atoms with Crippen LogP contribution in [0, 0.1) is 0 Å². The van der Waals surface area contributed by atoms with Gasteiger partial charge in [-0.15, -0.1) is 11.3 Å². The van der Waals surface area contributed by atoms with E-state index in [4.69, 9.17) is 5.73 Å². The second-order valence-corrected chi connectivity index (χ2v) is 4.77. The molecule has 72 valence electrons. The highest BCUT2D eigenvalue weighted by Crippen LogP contribution is 2.27. The van der Waals surface area contributed by atoms with E-state index in [0.717, 1.165) is 14.9 Å². The maximum absolute atomic E-state index is 5.48. The van der Waals surface area contributed by atoms with Crippen molar-refractivity contribution >= 4 is 23.1 Å². The third kappa shape index (κ3) is 2.31. The minimum absolute atomic E-state index is 0.537. The topological polar surface area (TPSA) is 51.8 Å². The Morgan fingerprint density at radius 3 is 2.86 bits per heavy atom. The van der Waals surface area contributed by atoms with Crippen molar-refractivity contribution in [1.82, 2.24) is 9.97 Å². The molecule has 0 saturated carbocycles. The van der Waals surface area contributed by atoms with Gasteiger partial charge < -0.3 is 5.73 Å². The van der Waals surface area contributed by atoms with E-state index in [0.29, 0.717) is 6.54 Å². The van der Waals surface area contributed by atoms with E-state index in [2.05, 4.69) is 9.97 Å². The summed E-state index contributed by atoms with van der Waals surface area (Å²) in [5, 5.41) is 2.91. The van der Waals surface area contributed by atoms with E-state index < -0.39 is 0 Å². The molecule has 5 heteroatoms. The number of pyridine rings is 1. The van der Waals surface area contributed by atoms with Crippen LogP contribution in [0.3, 0.4) is 0 Å². The van der Waals surface area contributed by atoms with Crippen LogP contribution in [0.25, 0.3) is 0 Å². The highest BCUT2D eigenvalue weighted by atomic mass is 32.2. The molecule has 0 radical (unpaired) electrons. The van der Waals surface area contributed by atoms with Crippen molar-refractivity contribution in [3.63, 3.8) is 0 Å². The number of nitrogens with zero attached hydrogens (tertiary/aromatic N) is 2. The zero-order chi connectivity index (χ0) is 9.80. The van der Waals surface area contributed by atoms with Gasteiger partial charge in [0.25, 0.3) is 0 Å². The second-order valence-electron chi connectivity index (χ2n) is 2.61. The molecule has 0 unspecified atom stereocenters. The predicted octanol–water partition coefficient (Wildman–Crippen LogP) is 2.15. The Bertz CT molecular complexity index is 383. The molecule has 2 aromatic heterocycles. The lowest BCUT2D eigenvalue weighted by molar-refractivity contribution is 1.01. The fraction of sp³-hybridized carbons (Fsp3) is 0.111. The summed E-state index contributed by atoms with van der Waals surface area (Å²) in [5.74, 6) is 0. The summed E-state index contributed by atoms with van der Waals surface area (Å²) in [6.07, 6.45) is 3.59. The third-order valence-corrected chi connectivity index (χ3v) is 3.47. The van der Waals surface area contributed by atoms with Crippen molar-refractivity contribution in [2.45, 2.75) is 15.9 Å². The van der Waals surface area contributed by atoms with Crippen LogP contribution in [-0.4, -0.2) is 9.97 Å². The Morgan fingerprint density at radius 1 is 1.36 bits per heavy atom. The molecule has 0 spiro atoms. The van der Waals surface area contributed by atoms with Crippen LogP contribution in [0.15, 0.2) is 39.3 Å². The van der Waals surface area contributed by atoms with Crippen molar-refractivity contribution in [1.29, 1.82) is 0 Å². The molecule has 2 rings (SSSR count). The zero-order valence-corrected chi connectivity index (χ0v) is 9.02. The molecular formula is C9H9N3S2. The number of hydrogen-bond donors (Lipinski definition) is 1. The molecule has 0 aliphatic rings. The van der Waals surface area contributed by atoms with E-state index in [1.54, 1.807) is 35.5 Å². The van der Waals surface area contributed by atoms with E-state index in [-0.39, 0.29) is 0 Å². The maximum Gasteiger partial charge on any atom is 0.156 e. The second kappa shape index (κ2) is 4.54. The summed E-state index contributed by atoms with van der Waals surface area (Å²) in [4.78, 5) is 8.44. The van der Waals surface area contributed by atoms with Gasteiger partial charge in [0, 0.05) is 24.3 Å². The minimum Gasteiger partial charge on any atom is -0.326 e. The monoisotopic (exact) mass is 223 g/mol. The van der Waals surface area contributed by atoms with Crippen molar-refractivity contribution in [3.05, 3.63) is 35.5 Å². The summed E-state index contributed by atoms with van der Waals surface area (Å²) in [6.45, 7) is 0.537. The molecule has 2 aromatic rings. The van der Waals surface area contributed by atoms with Gasteiger partial charge in [-0.05, 0) is 23.4 Å². The van der Waals surface area contributed by atoms with Crippen LogP contribution in [0.1, 0.15) is 5.56 Å². The Hall–Kier alpha value is -0.910. The average molecular weight is 223 g/mol. The Morgan fingerprint density at radius 2 is 2.29 bits per heavy atom. The molecule has 2 N–H and O–H groups in total. The van der Waals surface area contributed by atoms with Crippen molar-refractivity contribution in [2.24, 2.45) is 5.73 Å². The molecule has 0 saturated heterocycles. The van der Waals surface area contributed by atoms with Crippen molar-refractivity contribution in [3.8, 4) is 0 Å². The van der Waals surface area contributed by atoms with Crippen LogP contribution < -0.4 is 5.73 Å². The number of hydrogen-bond acceptors (Lipinski definition) is 5. The van der Waals surface area contributed by atoms with Crippen LogP contribution >= 0.6 is 23.1 Å². The van der Waals surface area contributed by atoms with Crippen LogP contribution in [0.2, 0.25) is 0 Å².